The van der Waals surface area contributed by atoms with Gasteiger partial charge in [-0.1, -0.05) is 64.5 Å². The van der Waals surface area contributed by atoms with E-state index in [1.54, 1.807) is 36.4 Å². The zero-order chi connectivity index (χ0) is 24.6. The maximum Gasteiger partial charge on any atom is 0.259 e. The third-order valence-corrected chi connectivity index (χ3v) is 5.94. The van der Waals surface area contributed by atoms with E-state index in [1.807, 2.05) is 67.6 Å². The number of aryl methyl sites for hydroxylation is 1. The monoisotopic (exact) mass is 528 g/mol. The van der Waals surface area contributed by atoms with Gasteiger partial charge in [0.25, 0.3) is 11.8 Å². The predicted molar refractivity (Wildman–Crippen MR) is 143 cm³/mol. The first-order valence-electron chi connectivity index (χ1n) is 11.2. The van der Waals surface area contributed by atoms with Crippen LogP contribution in [-0.2, 0) is 6.42 Å². The number of rotatable bonds is 8. The molecule has 0 radical (unpaired) electrons. The number of ether oxygens (including phenoxy) is 1. The molecule has 2 amide bonds. The molecule has 0 fully saturated rings. The first-order chi connectivity index (χ1) is 17.0. The second kappa shape index (κ2) is 11.5. The summed E-state index contributed by atoms with van der Waals surface area (Å²) < 4.78 is 6.74. The average Bonchev–Trinajstić information content (AvgIpc) is 2.87. The summed E-state index contributed by atoms with van der Waals surface area (Å²) in [5, 5.41) is 5.85. The molecule has 0 unspecified atom stereocenters. The molecule has 4 rings (SSSR count). The number of amides is 2. The van der Waals surface area contributed by atoms with E-state index in [-0.39, 0.29) is 11.8 Å². The zero-order valence-corrected chi connectivity index (χ0v) is 20.8. The number of nitrogens with one attached hydrogen (secondary N) is 2. The summed E-state index contributed by atoms with van der Waals surface area (Å²) in [5.74, 6) is 0.0588. The molecule has 4 aromatic carbocycles. The van der Waals surface area contributed by atoms with E-state index >= 15 is 0 Å². The first-order valence-corrected chi connectivity index (χ1v) is 12.0. The maximum absolute atomic E-state index is 13.1. The number of anilines is 2. The average molecular weight is 529 g/mol. The summed E-state index contributed by atoms with van der Waals surface area (Å²) in [7, 11) is 0. The lowest BCUT2D eigenvalue weighted by molar-refractivity contribution is 0.101. The molecule has 6 heteroatoms. The van der Waals surface area contributed by atoms with Crippen molar-refractivity contribution in [3.8, 4) is 5.75 Å². The number of hydrogen-bond donors (Lipinski definition) is 2. The molecular formula is C29H25BrN2O3. The Morgan fingerprint density at radius 2 is 1.51 bits per heavy atom. The highest BCUT2D eigenvalue weighted by Crippen LogP contribution is 2.26. The van der Waals surface area contributed by atoms with Crippen molar-refractivity contribution < 1.29 is 14.3 Å². The van der Waals surface area contributed by atoms with Gasteiger partial charge >= 0.3 is 0 Å². The SMILES string of the molecule is Cc1cc(NC(=O)c2cc(Br)ccc2OCCc2ccccc2)ccc1NC(=O)c1ccccc1. The lowest BCUT2D eigenvalue weighted by Gasteiger charge is -2.14. The fraction of sp³-hybridized carbons (Fsp3) is 0.103. The summed E-state index contributed by atoms with van der Waals surface area (Å²) >= 11 is 3.44. The molecular weight excluding hydrogens is 504 g/mol. The van der Waals surface area contributed by atoms with Crippen molar-refractivity contribution in [3.05, 3.63) is 124 Å². The molecule has 0 heterocycles. The summed E-state index contributed by atoms with van der Waals surface area (Å²) in [6.07, 6.45) is 0.743. The summed E-state index contributed by atoms with van der Waals surface area (Å²) in [4.78, 5) is 25.6. The topological polar surface area (TPSA) is 67.4 Å². The maximum atomic E-state index is 13.1. The van der Waals surface area contributed by atoms with Crippen LogP contribution in [0.2, 0.25) is 0 Å². The Morgan fingerprint density at radius 3 is 2.23 bits per heavy atom. The van der Waals surface area contributed by atoms with Crippen molar-refractivity contribution >= 4 is 39.1 Å². The molecule has 0 atom stereocenters. The second-order valence-electron chi connectivity index (χ2n) is 8.03. The van der Waals surface area contributed by atoms with Crippen molar-refractivity contribution in [2.24, 2.45) is 0 Å². The normalized spacial score (nSPS) is 10.5. The van der Waals surface area contributed by atoms with Crippen LogP contribution >= 0.6 is 15.9 Å². The third kappa shape index (κ3) is 6.58. The lowest BCUT2D eigenvalue weighted by atomic mass is 10.1. The summed E-state index contributed by atoms with van der Waals surface area (Å²) in [6.45, 7) is 2.34. The minimum atomic E-state index is -0.276. The van der Waals surface area contributed by atoms with Gasteiger partial charge in [0.05, 0.1) is 12.2 Å². The fourth-order valence-corrected chi connectivity index (χ4v) is 3.95. The van der Waals surface area contributed by atoms with E-state index in [4.69, 9.17) is 4.74 Å². The molecule has 0 aliphatic heterocycles. The number of halogens is 1. The van der Waals surface area contributed by atoms with E-state index in [1.165, 1.54) is 5.56 Å². The van der Waals surface area contributed by atoms with Gasteiger partial charge in [0.2, 0.25) is 0 Å². The van der Waals surface area contributed by atoms with Gasteiger partial charge in [-0.25, -0.2) is 0 Å². The minimum absolute atomic E-state index is 0.183. The van der Waals surface area contributed by atoms with E-state index in [0.717, 1.165) is 16.5 Å². The first kappa shape index (κ1) is 24.2. The largest absolute Gasteiger partial charge is 0.492 e. The van der Waals surface area contributed by atoms with Crippen LogP contribution < -0.4 is 15.4 Å². The molecule has 35 heavy (non-hydrogen) atoms. The highest BCUT2D eigenvalue weighted by atomic mass is 79.9. The summed E-state index contributed by atoms with van der Waals surface area (Å²) in [5.41, 5.74) is 4.33. The van der Waals surface area contributed by atoms with Crippen LogP contribution in [0.5, 0.6) is 5.75 Å². The molecule has 0 bridgehead atoms. The highest BCUT2D eigenvalue weighted by Gasteiger charge is 2.15. The van der Waals surface area contributed by atoms with Crippen molar-refractivity contribution in [2.75, 3.05) is 17.2 Å². The van der Waals surface area contributed by atoms with Gasteiger partial charge in [-0.05, 0) is 66.6 Å². The van der Waals surface area contributed by atoms with Gasteiger partial charge in [0, 0.05) is 27.8 Å². The second-order valence-corrected chi connectivity index (χ2v) is 8.94. The molecule has 0 aliphatic rings. The Labute approximate surface area is 213 Å². The van der Waals surface area contributed by atoms with Gasteiger partial charge in [-0.2, -0.15) is 0 Å². The molecule has 2 N–H and O–H groups in total. The Kier molecular flexibility index (Phi) is 7.95. The summed E-state index contributed by atoms with van der Waals surface area (Å²) in [6, 6.07) is 29.8. The standard InChI is InChI=1S/C29H25BrN2O3/c1-20-18-24(13-14-26(20)32-28(33)22-10-6-3-7-11-22)31-29(34)25-19-23(30)12-15-27(25)35-17-16-21-8-4-2-5-9-21/h2-15,18-19H,16-17H2,1H3,(H,31,34)(H,32,33). The Bertz CT molecular complexity index is 1320. The van der Waals surface area contributed by atoms with Crippen molar-refractivity contribution in [2.45, 2.75) is 13.3 Å². The molecule has 0 aliphatic carbocycles. The van der Waals surface area contributed by atoms with Gasteiger partial charge in [0.15, 0.2) is 0 Å². The van der Waals surface area contributed by atoms with E-state index in [2.05, 4.69) is 26.6 Å². The predicted octanol–water partition coefficient (Wildman–Crippen LogP) is 6.88. The van der Waals surface area contributed by atoms with E-state index in [0.29, 0.717) is 34.9 Å². The van der Waals surface area contributed by atoms with Gasteiger partial charge < -0.3 is 15.4 Å². The molecule has 5 nitrogen and oxygen atoms in total. The quantitative estimate of drug-likeness (QED) is 0.261. The fourth-order valence-electron chi connectivity index (χ4n) is 3.59. The molecule has 176 valence electrons. The van der Waals surface area contributed by atoms with Crippen molar-refractivity contribution in [1.82, 2.24) is 0 Å². The third-order valence-electron chi connectivity index (χ3n) is 5.45. The van der Waals surface area contributed by atoms with Crippen LogP contribution in [0, 0.1) is 6.92 Å². The van der Waals surface area contributed by atoms with Crippen molar-refractivity contribution in [3.63, 3.8) is 0 Å². The van der Waals surface area contributed by atoms with Crippen LogP contribution in [0.3, 0.4) is 0 Å². The smallest absolute Gasteiger partial charge is 0.259 e. The number of carbonyl (C=O) groups is 2. The molecule has 0 aromatic heterocycles. The van der Waals surface area contributed by atoms with E-state index < -0.39 is 0 Å². The Morgan fingerprint density at radius 1 is 0.800 bits per heavy atom. The number of hydrogen-bond acceptors (Lipinski definition) is 3. The van der Waals surface area contributed by atoms with Crippen LogP contribution in [0.15, 0.2) is 102 Å². The Hall–Kier alpha value is -3.90. The Balaban J connectivity index is 1.43. The number of benzene rings is 4. The zero-order valence-electron chi connectivity index (χ0n) is 19.3. The van der Waals surface area contributed by atoms with Gasteiger partial charge in [-0.15, -0.1) is 0 Å². The van der Waals surface area contributed by atoms with Gasteiger partial charge in [-0.3, -0.25) is 9.59 Å². The van der Waals surface area contributed by atoms with Crippen LogP contribution in [0.1, 0.15) is 31.8 Å². The van der Waals surface area contributed by atoms with Gasteiger partial charge in [0.1, 0.15) is 5.75 Å². The molecule has 0 saturated heterocycles. The molecule has 4 aromatic rings. The number of carbonyl (C=O) groups excluding carboxylic acids is 2. The van der Waals surface area contributed by atoms with Crippen molar-refractivity contribution in [1.29, 1.82) is 0 Å². The lowest BCUT2D eigenvalue weighted by Crippen LogP contribution is -2.15. The van der Waals surface area contributed by atoms with Crippen LogP contribution in [0.25, 0.3) is 0 Å². The van der Waals surface area contributed by atoms with E-state index in [9.17, 15) is 9.59 Å². The molecule has 0 saturated carbocycles. The highest BCUT2D eigenvalue weighted by molar-refractivity contribution is 9.10. The van der Waals surface area contributed by atoms with Crippen LogP contribution in [0.4, 0.5) is 11.4 Å². The minimum Gasteiger partial charge on any atom is -0.492 e. The van der Waals surface area contributed by atoms with Crippen LogP contribution in [-0.4, -0.2) is 18.4 Å². The molecule has 0 spiro atoms.